The average Bonchev–Trinajstić information content (AvgIpc) is 2.67. The summed E-state index contributed by atoms with van der Waals surface area (Å²) in [7, 11) is -1.89. The Balaban J connectivity index is 1.82. The van der Waals surface area contributed by atoms with Gasteiger partial charge in [-0.3, -0.25) is 0 Å². The first-order valence-electron chi connectivity index (χ1n) is 8.98. The van der Waals surface area contributed by atoms with E-state index in [-0.39, 0.29) is 30.0 Å². The van der Waals surface area contributed by atoms with Gasteiger partial charge in [-0.1, -0.05) is 12.1 Å². The fraction of sp³-hybridized carbons (Fsp3) is 0.444. The number of piperazine rings is 1. The van der Waals surface area contributed by atoms with Gasteiger partial charge < -0.3 is 20.5 Å². The van der Waals surface area contributed by atoms with Crippen LogP contribution >= 0.6 is 0 Å². The van der Waals surface area contributed by atoms with Crippen LogP contribution in [0.4, 0.5) is 11.5 Å². The largest absolute Gasteiger partial charge is 0.507 e. The van der Waals surface area contributed by atoms with Gasteiger partial charge in [0.25, 0.3) is 0 Å². The number of nitrogens with zero attached hydrogens (tertiary/aromatic N) is 4. The van der Waals surface area contributed by atoms with E-state index in [1.165, 1.54) is 11.4 Å². The lowest BCUT2D eigenvalue weighted by molar-refractivity contribution is 0.213. The maximum absolute atomic E-state index is 12.5. The van der Waals surface area contributed by atoms with Crippen LogP contribution in [0.1, 0.15) is 6.92 Å². The summed E-state index contributed by atoms with van der Waals surface area (Å²) in [5, 5.41) is 18.2. The molecular formula is C18H25N5O4S. The van der Waals surface area contributed by atoms with Crippen molar-refractivity contribution >= 4 is 21.5 Å². The first-order valence-corrected chi connectivity index (χ1v) is 10.6. The quantitative estimate of drug-likeness (QED) is 0.725. The number of nitrogens with two attached hydrogens (primary N) is 1. The summed E-state index contributed by atoms with van der Waals surface area (Å²) in [6.07, 6.45) is 0. The number of phenols is 1. The zero-order valence-electron chi connectivity index (χ0n) is 15.9. The number of sulfonamides is 1. The van der Waals surface area contributed by atoms with E-state index in [0.717, 1.165) is 0 Å². The molecule has 0 unspecified atom stereocenters. The van der Waals surface area contributed by atoms with Gasteiger partial charge in [-0.25, -0.2) is 8.42 Å². The molecule has 1 aromatic carbocycles. The first kappa shape index (κ1) is 20.3. The number of para-hydroxylation sites is 1. The number of nitrogen functional groups attached to an aromatic ring is 1. The van der Waals surface area contributed by atoms with E-state index < -0.39 is 10.0 Å². The molecule has 0 radical (unpaired) electrons. The van der Waals surface area contributed by atoms with Crippen molar-refractivity contribution in [2.75, 3.05) is 49.7 Å². The van der Waals surface area contributed by atoms with Gasteiger partial charge in [-0.15, -0.1) is 10.2 Å². The van der Waals surface area contributed by atoms with E-state index in [0.29, 0.717) is 36.6 Å². The minimum atomic E-state index is -3.38. The Labute approximate surface area is 164 Å². The lowest BCUT2D eigenvalue weighted by Gasteiger charge is -2.40. The second kappa shape index (κ2) is 8.29. The van der Waals surface area contributed by atoms with E-state index in [2.05, 4.69) is 10.2 Å². The van der Waals surface area contributed by atoms with Crippen molar-refractivity contribution in [3.8, 4) is 17.0 Å². The highest BCUT2D eigenvalue weighted by Crippen LogP contribution is 2.32. The van der Waals surface area contributed by atoms with Crippen molar-refractivity contribution in [2.45, 2.75) is 13.0 Å². The maximum Gasteiger partial charge on any atom is 0.216 e. The molecule has 152 valence electrons. The number of anilines is 2. The minimum Gasteiger partial charge on any atom is -0.507 e. The zero-order chi connectivity index (χ0) is 20.3. The highest BCUT2D eigenvalue weighted by atomic mass is 32.2. The summed E-state index contributed by atoms with van der Waals surface area (Å²) in [6.45, 7) is 3.33. The summed E-state index contributed by atoms with van der Waals surface area (Å²) in [5.41, 5.74) is 7.78. The molecule has 1 saturated heterocycles. The van der Waals surface area contributed by atoms with Crippen molar-refractivity contribution < 1.29 is 18.3 Å². The van der Waals surface area contributed by atoms with Gasteiger partial charge in [0.05, 0.1) is 23.7 Å². The normalized spacial score (nSPS) is 18.4. The van der Waals surface area contributed by atoms with E-state index in [1.54, 1.807) is 30.3 Å². The van der Waals surface area contributed by atoms with Gasteiger partial charge in [0.2, 0.25) is 10.0 Å². The Kier molecular flexibility index (Phi) is 6.01. The number of benzene rings is 1. The highest BCUT2D eigenvalue weighted by molar-refractivity contribution is 7.89. The molecule has 0 saturated carbocycles. The van der Waals surface area contributed by atoms with Crippen LogP contribution in [-0.4, -0.2) is 73.2 Å². The van der Waals surface area contributed by atoms with Crippen molar-refractivity contribution in [2.24, 2.45) is 0 Å². The van der Waals surface area contributed by atoms with Gasteiger partial charge in [0.1, 0.15) is 5.75 Å². The zero-order valence-corrected chi connectivity index (χ0v) is 16.8. The van der Waals surface area contributed by atoms with E-state index in [9.17, 15) is 13.5 Å². The molecule has 28 heavy (non-hydrogen) atoms. The number of ether oxygens (including phenoxy) is 1. The Morgan fingerprint density at radius 3 is 2.71 bits per heavy atom. The number of hydrogen-bond donors (Lipinski definition) is 2. The third-order valence-electron chi connectivity index (χ3n) is 4.79. The fourth-order valence-corrected chi connectivity index (χ4v) is 4.93. The van der Waals surface area contributed by atoms with Crippen LogP contribution in [0.2, 0.25) is 0 Å². The molecular weight excluding hydrogens is 382 g/mol. The van der Waals surface area contributed by atoms with E-state index in [4.69, 9.17) is 10.5 Å². The molecule has 1 atom stereocenters. The fourth-order valence-electron chi connectivity index (χ4n) is 3.35. The topological polar surface area (TPSA) is 122 Å². The molecule has 1 aliphatic rings. The van der Waals surface area contributed by atoms with Gasteiger partial charge in [0, 0.05) is 38.3 Å². The molecule has 0 spiro atoms. The number of methoxy groups -OCH3 is 1. The molecule has 1 aliphatic heterocycles. The van der Waals surface area contributed by atoms with Crippen LogP contribution in [0.5, 0.6) is 5.75 Å². The molecule has 2 aromatic rings. The Bertz CT molecular complexity index is 937. The number of rotatable bonds is 6. The number of aromatic nitrogens is 2. The maximum atomic E-state index is 12.5. The van der Waals surface area contributed by atoms with E-state index in [1.807, 2.05) is 11.8 Å². The standard InChI is InChI=1S/C18H25N5O4S/c1-13-12-22(7-8-23(13)28(25,26)10-9-27-2)16-11-15(20-21-18(16)19)14-5-3-4-6-17(14)24/h3-6,11,13,24H,7-10,12H2,1-2H3,(H2,19,21)/t13-/m1/s1. The van der Waals surface area contributed by atoms with Crippen LogP contribution < -0.4 is 10.6 Å². The second-order valence-electron chi connectivity index (χ2n) is 6.73. The second-order valence-corrected chi connectivity index (χ2v) is 8.77. The molecule has 10 heteroatoms. The number of aromatic hydroxyl groups is 1. The van der Waals surface area contributed by atoms with Crippen LogP contribution in [0, 0.1) is 0 Å². The Morgan fingerprint density at radius 1 is 1.29 bits per heavy atom. The molecule has 3 rings (SSSR count). The van der Waals surface area contributed by atoms with Gasteiger partial charge in [-0.2, -0.15) is 4.31 Å². The number of hydrogen-bond acceptors (Lipinski definition) is 8. The number of phenolic OH excluding ortho intramolecular Hbond substituents is 1. The SMILES string of the molecule is COCCS(=O)(=O)N1CCN(c2cc(-c3ccccc3O)nnc2N)C[C@H]1C. The van der Waals surface area contributed by atoms with Crippen molar-refractivity contribution in [1.82, 2.24) is 14.5 Å². The van der Waals surface area contributed by atoms with Crippen LogP contribution in [0.3, 0.4) is 0 Å². The van der Waals surface area contributed by atoms with E-state index >= 15 is 0 Å². The predicted molar refractivity (Wildman–Crippen MR) is 108 cm³/mol. The molecule has 2 heterocycles. The highest BCUT2D eigenvalue weighted by Gasteiger charge is 2.33. The molecule has 1 aromatic heterocycles. The molecule has 9 nitrogen and oxygen atoms in total. The van der Waals surface area contributed by atoms with Crippen LogP contribution in [0.15, 0.2) is 30.3 Å². The smallest absolute Gasteiger partial charge is 0.216 e. The summed E-state index contributed by atoms with van der Waals surface area (Å²) in [5.74, 6) is 0.335. The van der Waals surface area contributed by atoms with Crippen LogP contribution in [-0.2, 0) is 14.8 Å². The lowest BCUT2D eigenvalue weighted by Crippen LogP contribution is -2.54. The molecule has 3 N–H and O–H groups in total. The third-order valence-corrected chi connectivity index (χ3v) is 6.73. The molecule has 0 amide bonds. The summed E-state index contributed by atoms with van der Waals surface area (Å²) < 4.78 is 31.4. The predicted octanol–water partition coefficient (Wildman–Crippen LogP) is 0.918. The summed E-state index contributed by atoms with van der Waals surface area (Å²) in [6, 6.07) is 8.42. The Hall–Kier alpha value is -2.43. The van der Waals surface area contributed by atoms with Gasteiger partial charge in [0.15, 0.2) is 5.82 Å². The third kappa shape index (κ3) is 4.18. The summed E-state index contributed by atoms with van der Waals surface area (Å²) in [4.78, 5) is 2.00. The van der Waals surface area contributed by atoms with Crippen molar-refractivity contribution in [1.29, 1.82) is 0 Å². The molecule has 1 fully saturated rings. The lowest BCUT2D eigenvalue weighted by atomic mass is 10.1. The van der Waals surface area contributed by atoms with Gasteiger partial charge >= 0.3 is 0 Å². The van der Waals surface area contributed by atoms with Crippen molar-refractivity contribution in [3.63, 3.8) is 0 Å². The Morgan fingerprint density at radius 2 is 2.04 bits per heavy atom. The van der Waals surface area contributed by atoms with Crippen LogP contribution in [0.25, 0.3) is 11.3 Å². The molecule has 0 aliphatic carbocycles. The molecule has 0 bridgehead atoms. The first-order chi connectivity index (χ1) is 13.3. The minimum absolute atomic E-state index is 0.0375. The van der Waals surface area contributed by atoms with Crippen molar-refractivity contribution in [3.05, 3.63) is 30.3 Å². The van der Waals surface area contributed by atoms with Gasteiger partial charge in [-0.05, 0) is 25.1 Å². The average molecular weight is 407 g/mol. The summed E-state index contributed by atoms with van der Waals surface area (Å²) >= 11 is 0. The monoisotopic (exact) mass is 407 g/mol.